The molecule has 366 valence electrons. The molecule has 3 heterocycles. The third-order valence-corrected chi connectivity index (χ3v) is 10.9. The molecule has 2 saturated heterocycles. The van der Waals surface area contributed by atoms with Crippen molar-refractivity contribution in [1.82, 2.24) is 0 Å². The number of esters is 2. The molecule has 1 aliphatic carbocycles. The van der Waals surface area contributed by atoms with Crippen molar-refractivity contribution in [3.63, 3.8) is 0 Å². The normalized spacial score (nSPS) is 24.9. The summed E-state index contributed by atoms with van der Waals surface area (Å²) in [6.45, 7) is -1.47. The monoisotopic (exact) mass is 962 g/mol. The molecule has 0 amide bonds. The number of hydrogen-bond donors (Lipinski definition) is 10. The van der Waals surface area contributed by atoms with Crippen LogP contribution < -0.4 is 19.6 Å². The number of phenolic OH excluding ortho intramolecular Hbond substituents is 5. The van der Waals surface area contributed by atoms with E-state index >= 15 is 0 Å². The average molecular weight is 963 g/mol. The molecule has 7 rings (SSSR count). The molecule has 0 unspecified atom stereocenters. The van der Waals surface area contributed by atoms with Crippen LogP contribution in [-0.4, -0.2) is 152 Å². The Labute approximate surface area is 390 Å². The van der Waals surface area contributed by atoms with E-state index in [1.54, 1.807) is 0 Å². The minimum Gasteiger partial charge on any atom is -0.507 e. The Morgan fingerprint density at radius 1 is 0.580 bits per heavy atom. The van der Waals surface area contributed by atoms with E-state index < -0.39 is 109 Å². The molecular formula is C47H46O22. The summed E-state index contributed by atoms with van der Waals surface area (Å²) in [7, 11) is 2.62. The minimum atomic E-state index is -2.08. The first kappa shape index (κ1) is 49.5. The van der Waals surface area contributed by atoms with Crippen LogP contribution in [0.5, 0.6) is 46.0 Å². The maximum Gasteiger partial charge on any atom is 0.330 e. The van der Waals surface area contributed by atoms with E-state index in [2.05, 4.69) is 0 Å². The molecule has 10 N–H and O–H groups in total. The van der Waals surface area contributed by atoms with Gasteiger partial charge in [-0.1, -0.05) is 12.1 Å². The number of methoxy groups -OCH3 is 2. The molecule has 0 bridgehead atoms. The van der Waals surface area contributed by atoms with Gasteiger partial charge in [0.15, 0.2) is 63.8 Å². The SMILES string of the molecule is COc1cc(C=CC(=O)OC[C@H]2O[C@@H](O[C@H]3[C@H](Oc4cc5c(O)cc(=O)cc-5oc4-c4ccc(O)c(OC)c4)O[C@H](COC(=O)C=Cc4ccc(O)c(O)c4)[C@@H](O)[C@@H]3O)[C@H](O)[C@@H](O)[C@@H]2O)ccc1O. The van der Waals surface area contributed by atoms with Gasteiger partial charge in [-0.05, 0) is 71.8 Å². The second-order valence-electron chi connectivity index (χ2n) is 15.5. The van der Waals surface area contributed by atoms with Crippen LogP contribution in [0.1, 0.15) is 11.1 Å². The maximum atomic E-state index is 12.8. The Balaban J connectivity index is 1.17. The van der Waals surface area contributed by atoms with Crippen molar-refractivity contribution in [2.24, 2.45) is 0 Å². The lowest BCUT2D eigenvalue weighted by Gasteiger charge is -2.46. The number of aliphatic hydroxyl groups is 5. The van der Waals surface area contributed by atoms with Gasteiger partial charge in [-0.25, -0.2) is 9.59 Å². The first-order valence-corrected chi connectivity index (χ1v) is 20.7. The summed E-state index contributed by atoms with van der Waals surface area (Å²) < 4.78 is 51.0. The standard InChI is InChI=1S/C47H46O22/c1-61-32-14-22(4-9-27(32)50)6-12-38(55)63-19-35-39(56)41(58)43(60)46(67-35)69-45-42(59)40(57)36(20-64-37(54)11-5-21-3-8-26(49)30(53)13-21)68-47(45)66-34-18-25-29(52)16-24(48)17-31(25)65-44(34)23-7-10-28(51)33(15-23)62-2/h3-18,35-36,39-43,45-47,49-53,56-60H,19-20H2,1-2H3/t35-,36-,39-,40-,41+,42+,43-,45-,46+,47-/m1/s1. The van der Waals surface area contributed by atoms with Crippen LogP contribution in [0, 0.1) is 0 Å². The molecule has 0 saturated carbocycles. The van der Waals surface area contributed by atoms with Crippen LogP contribution in [0.15, 0.2) is 94.2 Å². The number of ether oxygens (including phenoxy) is 8. The van der Waals surface area contributed by atoms with Gasteiger partial charge in [-0.2, -0.15) is 0 Å². The van der Waals surface area contributed by atoms with Crippen LogP contribution in [0.3, 0.4) is 0 Å². The zero-order valence-electron chi connectivity index (χ0n) is 36.3. The van der Waals surface area contributed by atoms with E-state index in [0.29, 0.717) is 11.1 Å². The zero-order valence-corrected chi connectivity index (χ0v) is 36.3. The van der Waals surface area contributed by atoms with Gasteiger partial charge in [-0.3, -0.25) is 4.79 Å². The Hall–Kier alpha value is -7.41. The number of fused-ring (bicyclic) bond motifs is 1. The molecule has 3 aromatic carbocycles. The van der Waals surface area contributed by atoms with Crippen LogP contribution in [0.4, 0.5) is 0 Å². The molecule has 3 aliphatic heterocycles. The molecule has 4 aliphatic rings. The molecular weight excluding hydrogens is 916 g/mol. The Morgan fingerprint density at radius 3 is 1.77 bits per heavy atom. The van der Waals surface area contributed by atoms with E-state index in [4.69, 9.17) is 42.3 Å². The summed E-state index contributed by atoms with van der Waals surface area (Å²) in [6.07, 6.45) is -14.5. The van der Waals surface area contributed by atoms with Gasteiger partial charge in [0.2, 0.25) is 6.29 Å². The summed E-state index contributed by atoms with van der Waals surface area (Å²) in [5.41, 5.74) is 0.211. The predicted molar refractivity (Wildman–Crippen MR) is 234 cm³/mol. The summed E-state index contributed by atoms with van der Waals surface area (Å²) in [5, 5.41) is 106. The molecule has 2 fully saturated rings. The number of phenols is 5. The first-order chi connectivity index (χ1) is 32.9. The Morgan fingerprint density at radius 2 is 1.14 bits per heavy atom. The lowest BCUT2D eigenvalue weighted by Crippen LogP contribution is -2.65. The number of carbonyl (C=O) groups is 2. The molecule has 22 nitrogen and oxygen atoms in total. The van der Waals surface area contributed by atoms with Crippen molar-refractivity contribution < 1.29 is 103 Å². The van der Waals surface area contributed by atoms with Crippen molar-refractivity contribution >= 4 is 24.1 Å². The van der Waals surface area contributed by atoms with Crippen molar-refractivity contribution in [2.45, 2.75) is 61.4 Å². The summed E-state index contributed by atoms with van der Waals surface area (Å²) >= 11 is 0. The third kappa shape index (κ3) is 11.3. The van der Waals surface area contributed by atoms with E-state index in [9.17, 15) is 65.4 Å². The van der Waals surface area contributed by atoms with Crippen molar-refractivity contribution in [3.05, 3.63) is 106 Å². The van der Waals surface area contributed by atoms with Crippen molar-refractivity contribution in [1.29, 1.82) is 0 Å². The third-order valence-electron chi connectivity index (χ3n) is 10.9. The fourth-order valence-electron chi connectivity index (χ4n) is 7.21. The second-order valence-corrected chi connectivity index (χ2v) is 15.5. The summed E-state index contributed by atoms with van der Waals surface area (Å²) in [6, 6.07) is 15.2. The Bertz CT molecular complexity index is 2730. The molecule has 3 aromatic rings. The molecule has 0 spiro atoms. The van der Waals surface area contributed by atoms with Gasteiger partial charge >= 0.3 is 11.9 Å². The van der Waals surface area contributed by atoms with E-state index in [1.807, 2.05) is 0 Å². The zero-order chi connectivity index (χ0) is 49.7. The largest absolute Gasteiger partial charge is 0.507 e. The highest BCUT2D eigenvalue weighted by atomic mass is 16.8. The van der Waals surface area contributed by atoms with Gasteiger partial charge in [0, 0.05) is 29.8 Å². The van der Waals surface area contributed by atoms with Crippen LogP contribution in [0.25, 0.3) is 34.8 Å². The highest BCUT2D eigenvalue weighted by molar-refractivity contribution is 5.88. The molecule has 69 heavy (non-hydrogen) atoms. The molecule has 10 atom stereocenters. The van der Waals surface area contributed by atoms with Crippen LogP contribution in [-0.2, 0) is 33.3 Å². The number of aliphatic hydroxyl groups excluding tert-OH is 5. The molecule has 0 aromatic heterocycles. The van der Waals surface area contributed by atoms with E-state index in [0.717, 1.165) is 24.3 Å². The molecule has 0 radical (unpaired) electrons. The van der Waals surface area contributed by atoms with Crippen LogP contribution >= 0.6 is 0 Å². The number of hydrogen-bond acceptors (Lipinski definition) is 22. The maximum absolute atomic E-state index is 12.8. The van der Waals surface area contributed by atoms with Gasteiger partial charge in [0.25, 0.3) is 0 Å². The van der Waals surface area contributed by atoms with Gasteiger partial charge in [0.05, 0.1) is 19.8 Å². The number of carbonyl (C=O) groups excluding carboxylic acids is 2. The second kappa shape index (κ2) is 21.3. The van der Waals surface area contributed by atoms with Crippen molar-refractivity contribution in [2.75, 3.05) is 27.4 Å². The predicted octanol–water partition coefficient (Wildman–Crippen LogP) is 1.49. The highest BCUT2D eigenvalue weighted by Crippen LogP contribution is 2.44. The number of benzene rings is 4. The van der Waals surface area contributed by atoms with E-state index in [-0.39, 0.29) is 51.4 Å². The summed E-state index contributed by atoms with van der Waals surface area (Å²) in [4.78, 5) is 37.9. The van der Waals surface area contributed by atoms with Gasteiger partial charge in [-0.15, -0.1) is 0 Å². The first-order valence-electron chi connectivity index (χ1n) is 20.7. The van der Waals surface area contributed by atoms with Gasteiger partial charge < -0.3 is 93.4 Å². The Kier molecular flexibility index (Phi) is 15.3. The summed E-state index contributed by atoms with van der Waals surface area (Å²) in [5.74, 6) is -4.21. The fourth-order valence-corrected chi connectivity index (χ4v) is 7.21. The van der Waals surface area contributed by atoms with Gasteiger partial charge in [0.1, 0.15) is 67.5 Å². The number of aromatic hydroxyl groups is 5. The average Bonchev–Trinajstić information content (AvgIpc) is 3.33. The quantitative estimate of drug-likeness (QED) is 0.0404. The van der Waals surface area contributed by atoms with Crippen molar-refractivity contribution in [3.8, 4) is 68.6 Å². The van der Waals surface area contributed by atoms with E-state index in [1.165, 1.54) is 87.0 Å². The number of rotatable bonds is 15. The lowest BCUT2D eigenvalue weighted by molar-refractivity contribution is -0.358. The smallest absolute Gasteiger partial charge is 0.330 e. The highest BCUT2D eigenvalue weighted by Gasteiger charge is 2.52. The topological polar surface area (TPSA) is 340 Å². The lowest BCUT2D eigenvalue weighted by atomic mass is 9.97. The minimum absolute atomic E-state index is 0.0283. The van der Waals surface area contributed by atoms with Crippen LogP contribution in [0.2, 0.25) is 0 Å². The fraction of sp³-hybridized carbons (Fsp3) is 0.298. The molecule has 22 heteroatoms.